The lowest BCUT2D eigenvalue weighted by Crippen LogP contribution is -2.50. The first-order valence-corrected chi connectivity index (χ1v) is 7.78. The Balaban J connectivity index is 1.73. The summed E-state index contributed by atoms with van der Waals surface area (Å²) in [6.45, 7) is 5.38. The fourth-order valence-corrected chi connectivity index (χ4v) is 2.75. The summed E-state index contributed by atoms with van der Waals surface area (Å²) in [6, 6.07) is 20.9. The SMILES string of the molecule is CC1(C)OC[C@H](NCc2ccccc2)[C@H](c2ccccc2)O1. The Hall–Kier alpha value is -1.68. The molecule has 3 rings (SSSR count). The molecule has 1 N–H and O–H groups in total. The summed E-state index contributed by atoms with van der Waals surface area (Å²) in [5.74, 6) is -0.550. The van der Waals surface area contributed by atoms with Crippen molar-refractivity contribution in [2.24, 2.45) is 0 Å². The van der Waals surface area contributed by atoms with Crippen molar-refractivity contribution in [1.82, 2.24) is 5.32 Å². The third-order valence-corrected chi connectivity index (χ3v) is 3.93. The van der Waals surface area contributed by atoms with E-state index in [1.807, 2.05) is 26.0 Å². The van der Waals surface area contributed by atoms with Gasteiger partial charge in [0.1, 0.15) is 6.10 Å². The van der Waals surface area contributed by atoms with Crippen LogP contribution in [0.4, 0.5) is 0 Å². The van der Waals surface area contributed by atoms with E-state index in [-0.39, 0.29) is 12.1 Å². The molecular formula is C19H23NO2. The molecule has 0 aromatic heterocycles. The van der Waals surface area contributed by atoms with Crippen molar-refractivity contribution in [3.8, 4) is 0 Å². The summed E-state index contributed by atoms with van der Waals surface area (Å²) in [7, 11) is 0. The van der Waals surface area contributed by atoms with Crippen LogP contribution in [0.5, 0.6) is 0 Å². The molecule has 0 amide bonds. The number of ether oxygens (including phenoxy) is 2. The Morgan fingerprint density at radius 3 is 2.32 bits per heavy atom. The highest BCUT2D eigenvalue weighted by atomic mass is 16.7. The van der Waals surface area contributed by atoms with Crippen LogP contribution in [0.25, 0.3) is 0 Å². The lowest BCUT2D eigenvalue weighted by Gasteiger charge is -2.41. The predicted molar refractivity (Wildman–Crippen MR) is 87.4 cm³/mol. The zero-order valence-corrected chi connectivity index (χ0v) is 13.2. The summed E-state index contributed by atoms with van der Waals surface area (Å²) in [5.41, 5.74) is 2.45. The van der Waals surface area contributed by atoms with E-state index in [1.165, 1.54) is 11.1 Å². The van der Waals surface area contributed by atoms with Crippen LogP contribution in [0.2, 0.25) is 0 Å². The van der Waals surface area contributed by atoms with E-state index in [0.29, 0.717) is 6.61 Å². The predicted octanol–water partition coefficient (Wildman–Crippen LogP) is 3.67. The van der Waals surface area contributed by atoms with Gasteiger partial charge in [0.15, 0.2) is 5.79 Å². The van der Waals surface area contributed by atoms with Crippen LogP contribution in [0.15, 0.2) is 60.7 Å². The Kier molecular flexibility index (Phi) is 4.57. The van der Waals surface area contributed by atoms with Crippen LogP contribution < -0.4 is 5.32 Å². The molecule has 2 aromatic rings. The highest BCUT2D eigenvalue weighted by Gasteiger charge is 2.37. The highest BCUT2D eigenvalue weighted by molar-refractivity contribution is 5.20. The normalized spacial score (nSPS) is 24.1. The largest absolute Gasteiger partial charge is 0.349 e. The second kappa shape index (κ2) is 6.61. The molecule has 3 nitrogen and oxygen atoms in total. The second-order valence-electron chi connectivity index (χ2n) is 6.13. The molecule has 0 saturated carbocycles. The first-order valence-electron chi connectivity index (χ1n) is 7.78. The van der Waals surface area contributed by atoms with Gasteiger partial charge in [0.05, 0.1) is 12.6 Å². The number of benzene rings is 2. The number of hydrogen-bond acceptors (Lipinski definition) is 3. The topological polar surface area (TPSA) is 30.5 Å². The van der Waals surface area contributed by atoms with Gasteiger partial charge in [0.25, 0.3) is 0 Å². The zero-order valence-electron chi connectivity index (χ0n) is 13.2. The van der Waals surface area contributed by atoms with Crippen molar-refractivity contribution in [3.05, 3.63) is 71.8 Å². The average molecular weight is 297 g/mol. The molecular weight excluding hydrogens is 274 g/mol. The molecule has 1 aliphatic rings. The molecule has 1 fully saturated rings. The molecule has 22 heavy (non-hydrogen) atoms. The minimum Gasteiger partial charge on any atom is -0.349 e. The minimum absolute atomic E-state index is 0.00587. The Morgan fingerprint density at radius 2 is 1.64 bits per heavy atom. The minimum atomic E-state index is -0.550. The van der Waals surface area contributed by atoms with Gasteiger partial charge < -0.3 is 14.8 Å². The third-order valence-electron chi connectivity index (χ3n) is 3.93. The molecule has 1 heterocycles. The van der Waals surface area contributed by atoms with Crippen LogP contribution in [0, 0.1) is 0 Å². The summed E-state index contributed by atoms with van der Waals surface area (Å²) in [5, 5.41) is 3.57. The van der Waals surface area contributed by atoms with Crippen molar-refractivity contribution in [2.45, 2.75) is 38.3 Å². The van der Waals surface area contributed by atoms with E-state index in [9.17, 15) is 0 Å². The van der Waals surface area contributed by atoms with E-state index in [2.05, 4.69) is 53.8 Å². The smallest absolute Gasteiger partial charge is 0.163 e. The second-order valence-corrected chi connectivity index (χ2v) is 6.13. The van der Waals surface area contributed by atoms with Gasteiger partial charge in [0, 0.05) is 6.54 Å². The standard InChI is InChI=1S/C19H23NO2/c1-19(2)21-14-17(20-13-15-9-5-3-6-10-15)18(22-19)16-11-7-4-8-12-16/h3-12,17-18,20H,13-14H2,1-2H3/t17-,18-/m0/s1. The number of hydrogen-bond donors (Lipinski definition) is 1. The molecule has 0 unspecified atom stereocenters. The maximum absolute atomic E-state index is 6.18. The number of rotatable bonds is 4. The van der Waals surface area contributed by atoms with Crippen LogP contribution in [0.3, 0.4) is 0 Å². The van der Waals surface area contributed by atoms with Crippen molar-refractivity contribution >= 4 is 0 Å². The van der Waals surface area contributed by atoms with E-state index in [4.69, 9.17) is 9.47 Å². The van der Waals surface area contributed by atoms with Crippen LogP contribution in [0.1, 0.15) is 31.1 Å². The first-order chi connectivity index (χ1) is 10.6. The monoisotopic (exact) mass is 297 g/mol. The van der Waals surface area contributed by atoms with Gasteiger partial charge in [-0.1, -0.05) is 60.7 Å². The van der Waals surface area contributed by atoms with Gasteiger partial charge in [-0.05, 0) is 25.0 Å². The first kappa shape index (κ1) is 15.2. The fraction of sp³-hybridized carbons (Fsp3) is 0.368. The molecule has 0 radical (unpaired) electrons. The van der Waals surface area contributed by atoms with Crippen molar-refractivity contribution in [2.75, 3.05) is 6.61 Å². The third kappa shape index (κ3) is 3.74. The van der Waals surface area contributed by atoms with Crippen molar-refractivity contribution in [3.63, 3.8) is 0 Å². The van der Waals surface area contributed by atoms with Gasteiger partial charge in [-0.3, -0.25) is 0 Å². The van der Waals surface area contributed by atoms with E-state index >= 15 is 0 Å². The molecule has 3 heteroatoms. The van der Waals surface area contributed by atoms with Gasteiger partial charge in [0.2, 0.25) is 0 Å². The molecule has 1 aliphatic heterocycles. The molecule has 0 bridgehead atoms. The molecule has 0 aliphatic carbocycles. The molecule has 116 valence electrons. The molecule has 2 aromatic carbocycles. The highest BCUT2D eigenvalue weighted by Crippen LogP contribution is 2.33. The Bertz CT molecular complexity index is 583. The number of nitrogens with one attached hydrogen (secondary N) is 1. The van der Waals surface area contributed by atoms with Gasteiger partial charge in [-0.15, -0.1) is 0 Å². The lowest BCUT2D eigenvalue weighted by atomic mass is 10.0. The van der Waals surface area contributed by atoms with Crippen molar-refractivity contribution < 1.29 is 9.47 Å². The maximum Gasteiger partial charge on any atom is 0.163 e. The molecule has 1 saturated heterocycles. The quantitative estimate of drug-likeness (QED) is 0.934. The lowest BCUT2D eigenvalue weighted by molar-refractivity contribution is -0.285. The Labute approximate surface area is 132 Å². The Morgan fingerprint density at radius 1 is 1.00 bits per heavy atom. The van der Waals surface area contributed by atoms with Gasteiger partial charge >= 0.3 is 0 Å². The summed E-state index contributed by atoms with van der Waals surface area (Å²) in [6.07, 6.45) is -0.00587. The summed E-state index contributed by atoms with van der Waals surface area (Å²) in [4.78, 5) is 0. The van der Waals surface area contributed by atoms with Gasteiger partial charge in [-0.2, -0.15) is 0 Å². The van der Waals surface area contributed by atoms with Crippen LogP contribution in [-0.2, 0) is 16.0 Å². The maximum atomic E-state index is 6.18. The average Bonchev–Trinajstić information content (AvgIpc) is 2.55. The molecule has 2 atom stereocenters. The van der Waals surface area contributed by atoms with E-state index in [0.717, 1.165) is 6.54 Å². The van der Waals surface area contributed by atoms with Gasteiger partial charge in [-0.25, -0.2) is 0 Å². The van der Waals surface area contributed by atoms with E-state index in [1.54, 1.807) is 0 Å². The fourth-order valence-electron chi connectivity index (χ4n) is 2.75. The summed E-state index contributed by atoms with van der Waals surface area (Å²) < 4.78 is 12.0. The summed E-state index contributed by atoms with van der Waals surface area (Å²) >= 11 is 0. The van der Waals surface area contributed by atoms with E-state index < -0.39 is 5.79 Å². The van der Waals surface area contributed by atoms with Crippen LogP contribution in [-0.4, -0.2) is 18.4 Å². The van der Waals surface area contributed by atoms with Crippen molar-refractivity contribution in [1.29, 1.82) is 0 Å². The zero-order chi connectivity index (χ0) is 15.4. The molecule has 0 spiro atoms. The van der Waals surface area contributed by atoms with Crippen LogP contribution >= 0.6 is 0 Å².